The molecule has 0 aromatic heterocycles. The molecule has 7 atom stereocenters. The van der Waals surface area contributed by atoms with Gasteiger partial charge in [-0.25, -0.2) is 0 Å². The Labute approximate surface area is 216 Å². The zero-order chi connectivity index (χ0) is 27.4. The van der Waals surface area contributed by atoms with Crippen LogP contribution in [-0.2, 0) is 10.3 Å². The highest BCUT2D eigenvalue weighted by Crippen LogP contribution is 2.51. The maximum Gasteiger partial charge on any atom is 0.229 e. The number of carbonyl (C=O) groups excluding carboxylic acids is 1. The zero-order valence-corrected chi connectivity index (χ0v) is 20.7. The van der Waals surface area contributed by atoms with Crippen molar-refractivity contribution in [3.8, 4) is 34.5 Å². The van der Waals surface area contributed by atoms with E-state index in [4.69, 9.17) is 33.2 Å². The second-order valence-electron chi connectivity index (χ2n) is 9.03. The van der Waals surface area contributed by atoms with E-state index in [9.17, 15) is 30.3 Å². The molecule has 0 spiro atoms. The van der Waals surface area contributed by atoms with E-state index in [1.165, 1.54) is 45.6 Å². The summed E-state index contributed by atoms with van der Waals surface area (Å²) in [4.78, 5) is 14.1. The minimum atomic E-state index is -2.23. The van der Waals surface area contributed by atoms with Crippen molar-refractivity contribution < 1.29 is 63.5 Å². The summed E-state index contributed by atoms with van der Waals surface area (Å²) in [6.45, 7) is -0.850. The van der Waals surface area contributed by atoms with Gasteiger partial charge >= 0.3 is 0 Å². The van der Waals surface area contributed by atoms with E-state index in [-0.39, 0.29) is 46.5 Å². The number of methoxy groups -OCH3 is 3. The van der Waals surface area contributed by atoms with Gasteiger partial charge in [-0.3, -0.25) is 4.79 Å². The molecule has 0 saturated carbocycles. The predicted molar refractivity (Wildman–Crippen MR) is 125 cm³/mol. The molecule has 0 bridgehead atoms. The number of ketones is 1. The summed E-state index contributed by atoms with van der Waals surface area (Å²) < 4.78 is 39.0. The molecule has 3 heterocycles. The van der Waals surface area contributed by atoms with Gasteiger partial charge in [0.15, 0.2) is 23.2 Å². The lowest BCUT2D eigenvalue weighted by Crippen LogP contribution is -2.60. The molecule has 3 aliphatic rings. The van der Waals surface area contributed by atoms with Crippen molar-refractivity contribution in [3.05, 3.63) is 35.4 Å². The SMILES string of the molecule is COc1cc(OC2OC(CO)C(O)C(O)C2O)c2c(c1)OC1COc3cc(OC)c(OC)cc3C1(O)C2=O. The highest BCUT2D eigenvalue weighted by atomic mass is 16.7. The summed E-state index contributed by atoms with van der Waals surface area (Å²) in [5, 5.41) is 52.1. The fraction of sp³-hybridized carbons (Fsp3) is 0.480. The standard InChI is InChI=1S/C25H28O13/c1-32-10-4-15-19(16(5-10)37-24-22(29)21(28)20(27)17(8-26)38-24)23(30)25(31)11-6-13(33-2)14(34-3)7-12(11)35-9-18(25)36-15/h4-7,17-18,20-22,24,26-29,31H,8-9H2,1-3H3. The van der Waals surface area contributed by atoms with Crippen molar-refractivity contribution in [1.82, 2.24) is 0 Å². The average Bonchev–Trinajstić information content (AvgIpc) is 2.93. The summed E-state index contributed by atoms with van der Waals surface area (Å²) in [5.74, 6) is -0.0193. The number of ether oxygens (including phenoxy) is 7. The monoisotopic (exact) mass is 536 g/mol. The third kappa shape index (κ3) is 3.90. The quantitative estimate of drug-likeness (QED) is 0.307. The lowest BCUT2D eigenvalue weighted by molar-refractivity contribution is -0.277. The van der Waals surface area contributed by atoms with Crippen LogP contribution in [-0.4, -0.2) is 103 Å². The minimum Gasteiger partial charge on any atom is -0.496 e. The van der Waals surface area contributed by atoms with Crippen molar-refractivity contribution in [2.75, 3.05) is 34.5 Å². The molecule has 13 heteroatoms. The van der Waals surface area contributed by atoms with Gasteiger partial charge in [0.1, 0.15) is 59.6 Å². The van der Waals surface area contributed by atoms with Gasteiger partial charge in [0.25, 0.3) is 0 Å². The van der Waals surface area contributed by atoms with Crippen LogP contribution in [0.1, 0.15) is 15.9 Å². The Morgan fingerprint density at radius 3 is 2.29 bits per heavy atom. The topological polar surface area (TPSA) is 183 Å². The third-order valence-corrected chi connectivity index (χ3v) is 6.96. The number of fused-ring (bicyclic) bond motifs is 4. The summed E-state index contributed by atoms with van der Waals surface area (Å²) in [6.07, 6.45) is -9.06. The molecule has 38 heavy (non-hydrogen) atoms. The molecule has 206 valence electrons. The molecule has 2 aromatic carbocycles. The maximum atomic E-state index is 14.1. The smallest absolute Gasteiger partial charge is 0.229 e. The molecule has 0 aliphatic carbocycles. The Balaban J connectivity index is 1.60. The molecule has 0 amide bonds. The van der Waals surface area contributed by atoms with Gasteiger partial charge in [-0.05, 0) is 6.07 Å². The van der Waals surface area contributed by atoms with Gasteiger partial charge < -0.3 is 58.7 Å². The molecule has 1 fully saturated rings. The molecular formula is C25H28O13. The van der Waals surface area contributed by atoms with Crippen LogP contribution in [0.2, 0.25) is 0 Å². The fourth-order valence-electron chi connectivity index (χ4n) is 4.85. The Kier molecular flexibility index (Phi) is 6.75. The number of benzene rings is 2. The summed E-state index contributed by atoms with van der Waals surface area (Å²) in [7, 11) is 4.22. The van der Waals surface area contributed by atoms with Crippen LogP contribution in [0, 0.1) is 0 Å². The van der Waals surface area contributed by atoms with E-state index in [0.717, 1.165) is 0 Å². The Hall–Kier alpha value is -3.33. The second kappa shape index (κ2) is 9.76. The first-order valence-corrected chi connectivity index (χ1v) is 11.7. The van der Waals surface area contributed by atoms with E-state index in [0.29, 0.717) is 5.75 Å². The largest absolute Gasteiger partial charge is 0.496 e. The van der Waals surface area contributed by atoms with Crippen LogP contribution in [0.5, 0.6) is 34.5 Å². The normalized spacial score (nSPS) is 31.6. The van der Waals surface area contributed by atoms with E-state index < -0.39 is 54.8 Å². The average molecular weight is 536 g/mol. The number of aliphatic hydroxyl groups excluding tert-OH is 4. The number of aliphatic hydroxyl groups is 5. The predicted octanol–water partition coefficient (Wildman–Crippen LogP) is -0.885. The van der Waals surface area contributed by atoms with Gasteiger partial charge in [-0.2, -0.15) is 0 Å². The van der Waals surface area contributed by atoms with E-state index in [2.05, 4.69) is 0 Å². The summed E-state index contributed by atoms with van der Waals surface area (Å²) >= 11 is 0. The van der Waals surface area contributed by atoms with Gasteiger partial charge in [0.2, 0.25) is 12.1 Å². The molecule has 1 saturated heterocycles. The number of hydrogen-bond acceptors (Lipinski definition) is 13. The molecule has 5 rings (SSSR count). The second-order valence-corrected chi connectivity index (χ2v) is 9.03. The van der Waals surface area contributed by atoms with Crippen LogP contribution in [0.15, 0.2) is 24.3 Å². The van der Waals surface area contributed by atoms with E-state index in [1.807, 2.05) is 0 Å². The van der Waals surface area contributed by atoms with Gasteiger partial charge in [-0.1, -0.05) is 0 Å². The molecule has 7 unspecified atom stereocenters. The molecule has 2 aromatic rings. The van der Waals surface area contributed by atoms with Crippen molar-refractivity contribution in [1.29, 1.82) is 0 Å². The molecule has 13 nitrogen and oxygen atoms in total. The Morgan fingerprint density at radius 2 is 1.63 bits per heavy atom. The van der Waals surface area contributed by atoms with Crippen molar-refractivity contribution >= 4 is 5.78 Å². The summed E-state index contributed by atoms with van der Waals surface area (Å²) in [5.41, 5.74) is -2.34. The van der Waals surface area contributed by atoms with E-state index in [1.54, 1.807) is 0 Å². The van der Waals surface area contributed by atoms with Gasteiger partial charge in [-0.15, -0.1) is 0 Å². The fourth-order valence-corrected chi connectivity index (χ4v) is 4.85. The van der Waals surface area contributed by atoms with Crippen LogP contribution < -0.4 is 28.4 Å². The van der Waals surface area contributed by atoms with E-state index >= 15 is 0 Å². The number of hydrogen-bond donors (Lipinski definition) is 5. The first-order chi connectivity index (χ1) is 18.2. The van der Waals surface area contributed by atoms with Crippen LogP contribution in [0.4, 0.5) is 0 Å². The van der Waals surface area contributed by atoms with Crippen LogP contribution in [0.25, 0.3) is 0 Å². The number of Topliss-reactive ketones (excluding diaryl/α,β-unsaturated/α-hetero) is 1. The molecule has 3 aliphatic heterocycles. The van der Waals surface area contributed by atoms with Gasteiger partial charge in [0, 0.05) is 23.8 Å². The number of rotatable bonds is 6. The Morgan fingerprint density at radius 1 is 0.921 bits per heavy atom. The highest BCUT2D eigenvalue weighted by Gasteiger charge is 2.57. The lowest BCUT2D eigenvalue weighted by Gasteiger charge is -2.44. The first-order valence-electron chi connectivity index (χ1n) is 11.7. The third-order valence-electron chi connectivity index (χ3n) is 6.96. The minimum absolute atomic E-state index is 0.0103. The maximum absolute atomic E-state index is 14.1. The molecule has 0 radical (unpaired) electrons. The molecule has 5 N–H and O–H groups in total. The van der Waals surface area contributed by atoms with Crippen molar-refractivity contribution in [3.63, 3.8) is 0 Å². The van der Waals surface area contributed by atoms with Crippen molar-refractivity contribution in [2.45, 2.75) is 42.4 Å². The zero-order valence-electron chi connectivity index (χ0n) is 20.7. The molecular weight excluding hydrogens is 508 g/mol. The highest BCUT2D eigenvalue weighted by molar-refractivity contribution is 6.09. The lowest BCUT2D eigenvalue weighted by atomic mass is 9.77. The Bertz CT molecular complexity index is 1230. The number of carbonyl (C=O) groups is 1. The van der Waals surface area contributed by atoms with Crippen molar-refractivity contribution in [2.24, 2.45) is 0 Å². The first kappa shape index (κ1) is 26.3. The van der Waals surface area contributed by atoms with Crippen LogP contribution in [0.3, 0.4) is 0 Å². The summed E-state index contributed by atoms with van der Waals surface area (Å²) in [6, 6.07) is 5.66. The van der Waals surface area contributed by atoms with Gasteiger partial charge in [0.05, 0.1) is 27.9 Å². The van der Waals surface area contributed by atoms with Crippen LogP contribution >= 0.6 is 0 Å².